The summed E-state index contributed by atoms with van der Waals surface area (Å²) < 4.78 is 5.13. The van der Waals surface area contributed by atoms with Crippen LogP contribution in [0.2, 0.25) is 0 Å². The number of carbonyl (C=O) groups is 1. The summed E-state index contributed by atoms with van der Waals surface area (Å²) in [5.74, 6) is 0.200. The molecular formula is C20H24N2O3. The van der Waals surface area contributed by atoms with E-state index in [2.05, 4.69) is 29.4 Å². The number of carbonyl (C=O) groups excluding carboxylic acids is 1. The van der Waals surface area contributed by atoms with Crippen LogP contribution in [0.4, 0.5) is 5.69 Å². The van der Waals surface area contributed by atoms with Crippen molar-refractivity contribution in [2.24, 2.45) is 0 Å². The second-order valence-corrected chi connectivity index (χ2v) is 6.39. The van der Waals surface area contributed by atoms with Crippen molar-refractivity contribution >= 4 is 11.6 Å². The van der Waals surface area contributed by atoms with E-state index in [1.807, 2.05) is 6.07 Å². The maximum atomic E-state index is 12.2. The van der Waals surface area contributed by atoms with E-state index in [9.17, 15) is 9.90 Å². The van der Waals surface area contributed by atoms with Gasteiger partial charge in [0, 0.05) is 25.8 Å². The second kappa shape index (κ2) is 7.57. The van der Waals surface area contributed by atoms with Crippen molar-refractivity contribution in [3.8, 4) is 5.75 Å². The molecule has 0 aliphatic carbocycles. The van der Waals surface area contributed by atoms with Crippen molar-refractivity contribution in [1.29, 1.82) is 0 Å². The van der Waals surface area contributed by atoms with E-state index in [-0.39, 0.29) is 0 Å². The number of rotatable bonds is 5. The van der Waals surface area contributed by atoms with Gasteiger partial charge in [-0.3, -0.25) is 4.79 Å². The molecule has 5 nitrogen and oxygen atoms in total. The number of aliphatic hydroxyl groups is 1. The lowest BCUT2D eigenvalue weighted by Crippen LogP contribution is -2.29. The van der Waals surface area contributed by atoms with E-state index in [0.717, 1.165) is 24.9 Å². The van der Waals surface area contributed by atoms with Gasteiger partial charge < -0.3 is 20.1 Å². The minimum absolute atomic E-state index is 0.400. The average Bonchev–Trinajstić information content (AvgIpc) is 2.65. The normalized spacial score (nSPS) is 14.6. The van der Waals surface area contributed by atoms with Crippen molar-refractivity contribution in [1.82, 2.24) is 5.32 Å². The molecule has 1 atom stereocenters. The first kappa shape index (κ1) is 17.3. The van der Waals surface area contributed by atoms with Crippen LogP contribution in [0.15, 0.2) is 42.5 Å². The SMILES string of the molecule is COc1cccc(C(O)C(=O)NCc2ccc3c(c2)CCCN3C)c1. The van der Waals surface area contributed by atoms with E-state index in [1.165, 1.54) is 11.3 Å². The average molecular weight is 340 g/mol. The first-order valence-electron chi connectivity index (χ1n) is 8.51. The number of hydrogen-bond donors (Lipinski definition) is 2. The minimum Gasteiger partial charge on any atom is -0.497 e. The topological polar surface area (TPSA) is 61.8 Å². The molecule has 1 aliphatic rings. The van der Waals surface area contributed by atoms with Crippen LogP contribution in [0, 0.1) is 0 Å². The van der Waals surface area contributed by atoms with Crippen LogP contribution in [-0.4, -0.2) is 31.7 Å². The van der Waals surface area contributed by atoms with Gasteiger partial charge in [-0.25, -0.2) is 0 Å². The summed E-state index contributed by atoms with van der Waals surface area (Å²) in [6.07, 6.45) is 1.00. The van der Waals surface area contributed by atoms with Crippen LogP contribution in [-0.2, 0) is 17.8 Å². The van der Waals surface area contributed by atoms with Crippen molar-refractivity contribution in [2.75, 3.05) is 25.6 Å². The fraction of sp³-hybridized carbons (Fsp3) is 0.350. The third kappa shape index (κ3) is 3.94. The summed E-state index contributed by atoms with van der Waals surface area (Å²) in [6.45, 7) is 1.48. The van der Waals surface area contributed by atoms with E-state index < -0.39 is 12.0 Å². The van der Waals surface area contributed by atoms with Crippen molar-refractivity contribution < 1.29 is 14.6 Å². The number of aryl methyl sites for hydroxylation is 1. The molecule has 2 aromatic carbocycles. The molecule has 0 fully saturated rings. The summed E-state index contributed by atoms with van der Waals surface area (Å²) in [5, 5.41) is 13.0. The number of hydrogen-bond acceptors (Lipinski definition) is 4. The van der Waals surface area contributed by atoms with E-state index >= 15 is 0 Å². The first-order chi connectivity index (χ1) is 12.1. The van der Waals surface area contributed by atoms with Gasteiger partial charge in [-0.1, -0.05) is 24.3 Å². The Morgan fingerprint density at radius 2 is 2.16 bits per heavy atom. The molecule has 0 saturated carbocycles. The Hall–Kier alpha value is -2.53. The summed E-state index contributed by atoms with van der Waals surface area (Å²) in [6, 6.07) is 13.2. The molecule has 1 aliphatic heterocycles. The zero-order chi connectivity index (χ0) is 17.8. The van der Waals surface area contributed by atoms with Crippen molar-refractivity contribution in [3.63, 3.8) is 0 Å². The van der Waals surface area contributed by atoms with Gasteiger partial charge in [0.2, 0.25) is 0 Å². The second-order valence-electron chi connectivity index (χ2n) is 6.39. The number of amides is 1. The molecular weight excluding hydrogens is 316 g/mol. The highest BCUT2D eigenvalue weighted by atomic mass is 16.5. The summed E-state index contributed by atoms with van der Waals surface area (Å²) in [7, 11) is 3.66. The lowest BCUT2D eigenvalue weighted by molar-refractivity contribution is -0.129. The number of benzene rings is 2. The number of methoxy groups -OCH3 is 1. The van der Waals surface area contributed by atoms with Gasteiger partial charge >= 0.3 is 0 Å². The summed E-state index contributed by atoms with van der Waals surface area (Å²) >= 11 is 0. The highest BCUT2D eigenvalue weighted by Crippen LogP contribution is 2.27. The smallest absolute Gasteiger partial charge is 0.253 e. The van der Waals surface area contributed by atoms with Gasteiger partial charge in [0.05, 0.1) is 7.11 Å². The molecule has 3 rings (SSSR count). The number of fused-ring (bicyclic) bond motifs is 1. The minimum atomic E-state index is -1.21. The molecule has 0 radical (unpaired) electrons. The molecule has 1 unspecified atom stereocenters. The van der Waals surface area contributed by atoms with Crippen molar-refractivity contribution in [2.45, 2.75) is 25.5 Å². The third-order valence-electron chi connectivity index (χ3n) is 4.62. The molecule has 2 aromatic rings. The summed E-state index contributed by atoms with van der Waals surface area (Å²) in [4.78, 5) is 14.5. The van der Waals surface area contributed by atoms with E-state index in [1.54, 1.807) is 31.4 Å². The van der Waals surface area contributed by atoms with Crippen LogP contribution in [0.1, 0.15) is 29.2 Å². The Labute approximate surface area is 148 Å². The highest BCUT2D eigenvalue weighted by molar-refractivity contribution is 5.82. The van der Waals surface area contributed by atoms with Gasteiger partial charge in [-0.15, -0.1) is 0 Å². The number of nitrogens with zero attached hydrogens (tertiary/aromatic N) is 1. The van der Waals surface area contributed by atoms with Gasteiger partial charge in [0.25, 0.3) is 5.91 Å². The maximum Gasteiger partial charge on any atom is 0.253 e. The van der Waals surface area contributed by atoms with E-state index in [0.29, 0.717) is 17.9 Å². The van der Waals surface area contributed by atoms with Crippen LogP contribution in [0.25, 0.3) is 0 Å². The zero-order valence-corrected chi connectivity index (χ0v) is 14.7. The quantitative estimate of drug-likeness (QED) is 0.878. The molecule has 0 saturated heterocycles. The van der Waals surface area contributed by atoms with Crippen LogP contribution < -0.4 is 15.0 Å². The van der Waals surface area contributed by atoms with Gasteiger partial charge in [-0.05, 0) is 47.7 Å². The zero-order valence-electron chi connectivity index (χ0n) is 14.7. The van der Waals surface area contributed by atoms with Crippen LogP contribution in [0.3, 0.4) is 0 Å². The molecule has 1 heterocycles. The standard InChI is InChI=1S/C20H24N2O3/c1-22-10-4-6-15-11-14(8-9-18(15)22)13-21-20(24)19(23)16-5-3-7-17(12-16)25-2/h3,5,7-9,11-12,19,23H,4,6,10,13H2,1-2H3,(H,21,24). The largest absolute Gasteiger partial charge is 0.497 e. The molecule has 2 N–H and O–H groups in total. The Bertz CT molecular complexity index is 760. The van der Waals surface area contributed by atoms with E-state index in [4.69, 9.17) is 4.74 Å². The number of nitrogens with one attached hydrogen (secondary N) is 1. The molecule has 132 valence electrons. The highest BCUT2D eigenvalue weighted by Gasteiger charge is 2.18. The van der Waals surface area contributed by atoms with Crippen molar-refractivity contribution in [3.05, 3.63) is 59.2 Å². The Balaban J connectivity index is 1.64. The predicted octanol–water partition coefficient (Wildman–Crippen LogP) is 2.43. The van der Waals surface area contributed by atoms with Crippen LogP contribution >= 0.6 is 0 Å². The lowest BCUT2D eigenvalue weighted by Gasteiger charge is -2.27. The maximum absolute atomic E-state index is 12.2. The molecule has 5 heteroatoms. The number of anilines is 1. The molecule has 25 heavy (non-hydrogen) atoms. The third-order valence-corrected chi connectivity index (χ3v) is 4.62. The molecule has 0 bridgehead atoms. The molecule has 0 spiro atoms. The Morgan fingerprint density at radius 3 is 2.96 bits per heavy atom. The Morgan fingerprint density at radius 1 is 1.32 bits per heavy atom. The molecule has 1 amide bonds. The lowest BCUT2D eigenvalue weighted by atomic mass is 9.99. The summed E-state index contributed by atoms with van der Waals surface area (Å²) in [5.41, 5.74) is 4.13. The Kier molecular flexibility index (Phi) is 5.24. The van der Waals surface area contributed by atoms with Gasteiger partial charge in [0.15, 0.2) is 6.10 Å². The fourth-order valence-corrected chi connectivity index (χ4v) is 3.20. The number of aliphatic hydroxyl groups excluding tert-OH is 1. The fourth-order valence-electron chi connectivity index (χ4n) is 3.20. The van der Waals surface area contributed by atoms with Gasteiger partial charge in [0.1, 0.15) is 5.75 Å². The molecule has 0 aromatic heterocycles. The predicted molar refractivity (Wildman–Crippen MR) is 97.8 cm³/mol. The first-order valence-corrected chi connectivity index (χ1v) is 8.51. The van der Waals surface area contributed by atoms with Crippen LogP contribution in [0.5, 0.6) is 5.75 Å². The van der Waals surface area contributed by atoms with Gasteiger partial charge in [-0.2, -0.15) is 0 Å². The monoisotopic (exact) mass is 340 g/mol. The number of ether oxygens (including phenoxy) is 1.